The molecule has 0 spiro atoms. The van der Waals surface area contributed by atoms with Crippen LogP contribution in [0.5, 0.6) is 5.75 Å². The minimum atomic E-state index is 0.0309. The van der Waals surface area contributed by atoms with Gasteiger partial charge in [-0.2, -0.15) is 0 Å². The van der Waals surface area contributed by atoms with Gasteiger partial charge in [0.25, 0.3) is 5.91 Å². The molecule has 2 aromatic rings. The summed E-state index contributed by atoms with van der Waals surface area (Å²) in [6.45, 7) is 3.51. The van der Waals surface area contributed by atoms with Gasteiger partial charge in [-0.1, -0.05) is 11.6 Å². The van der Waals surface area contributed by atoms with Gasteiger partial charge in [-0.3, -0.25) is 4.79 Å². The van der Waals surface area contributed by atoms with E-state index >= 15 is 0 Å². The van der Waals surface area contributed by atoms with Crippen LogP contribution < -0.4 is 10.1 Å². The maximum Gasteiger partial charge on any atom is 0.268 e. The van der Waals surface area contributed by atoms with Crippen molar-refractivity contribution < 1.29 is 9.53 Å². The second-order valence-corrected chi connectivity index (χ2v) is 10.2. The summed E-state index contributed by atoms with van der Waals surface area (Å²) in [7, 11) is 0. The molecule has 4 nitrogen and oxygen atoms in total. The summed E-state index contributed by atoms with van der Waals surface area (Å²) in [6, 6.07) is 5.92. The van der Waals surface area contributed by atoms with E-state index in [0.717, 1.165) is 34.4 Å². The predicted octanol–water partition coefficient (Wildman–Crippen LogP) is 5.02. The molecule has 1 unspecified atom stereocenters. The molecule has 4 aliphatic carbocycles. The lowest BCUT2D eigenvalue weighted by atomic mass is 9.48. The maximum atomic E-state index is 13.3. The SMILES string of the molecule is CC(NC(=O)c1cc2c(Cl)ccc3c2n1CCO3)C12CC3CC(CC(C3)C1)C2. The largest absolute Gasteiger partial charge is 0.490 e. The molecule has 1 aromatic carbocycles. The molecule has 1 amide bonds. The second kappa shape index (κ2) is 5.91. The standard InChI is InChI=1S/C23H27ClN2O2/c1-13(23-10-14-6-15(11-23)8-16(7-14)12-23)25-22(27)19-9-17-18(24)2-3-20-21(17)26(19)4-5-28-20/h2-3,9,13-16H,4-8,10-12H2,1H3,(H,25,27). The highest BCUT2D eigenvalue weighted by atomic mass is 35.5. The molecule has 1 N–H and O–H groups in total. The third kappa shape index (κ3) is 2.39. The topological polar surface area (TPSA) is 43.3 Å². The number of halogens is 1. The van der Waals surface area contributed by atoms with Crippen LogP contribution in [0.3, 0.4) is 0 Å². The summed E-state index contributed by atoms with van der Waals surface area (Å²) in [5.74, 6) is 3.52. The van der Waals surface area contributed by atoms with E-state index in [1.165, 1.54) is 38.5 Å². The number of rotatable bonds is 3. The summed E-state index contributed by atoms with van der Waals surface area (Å²) in [6.07, 6.45) is 8.17. The lowest BCUT2D eigenvalue weighted by Crippen LogP contribution is -2.56. The number of aromatic nitrogens is 1. The predicted molar refractivity (Wildman–Crippen MR) is 110 cm³/mol. The molecular formula is C23H27ClN2O2. The van der Waals surface area contributed by atoms with Crippen molar-refractivity contribution in [3.8, 4) is 5.75 Å². The number of hydrogen-bond acceptors (Lipinski definition) is 2. The summed E-state index contributed by atoms with van der Waals surface area (Å²) in [4.78, 5) is 13.3. The Hall–Kier alpha value is -1.68. The van der Waals surface area contributed by atoms with Crippen LogP contribution in [0.1, 0.15) is 55.9 Å². The first-order valence-corrected chi connectivity index (χ1v) is 11.2. The molecule has 4 saturated carbocycles. The van der Waals surface area contributed by atoms with Crippen molar-refractivity contribution in [2.75, 3.05) is 6.61 Å². The Balaban J connectivity index is 1.31. The molecule has 2 heterocycles. The van der Waals surface area contributed by atoms with Gasteiger partial charge in [-0.25, -0.2) is 0 Å². The zero-order valence-corrected chi connectivity index (χ0v) is 17.1. The fourth-order valence-electron chi connectivity index (χ4n) is 7.23. The van der Waals surface area contributed by atoms with E-state index in [9.17, 15) is 4.79 Å². The Morgan fingerprint density at radius 3 is 2.57 bits per heavy atom. The Labute approximate surface area is 170 Å². The fraction of sp³-hybridized carbons (Fsp3) is 0.609. The third-order valence-electron chi connectivity index (χ3n) is 8.13. The highest BCUT2D eigenvalue weighted by molar-refractivity contribution is 6.36. The van der Waals surface area contributed by atoms with Crippen LogP contribution in [0, 0.1) is 23.2 Å². The smallest absolute Gasteiger partial charge is 0.268 e. The van der Waals surface area contributed by atoms with Crippen LogP contribution in [0.15, 0.2) is 18.2 Å². The first-order chi connectivity index (χ1) is 13.5. The van der Waals surface area contributed by atoms with Crippen molar-refractivity contribution in [1.82, 2.24) is 9.88 Å². The number of nitrogens with zero attached hydrogens (tertiary/aromatic N) is 1. The van der Waals surface area contributed by atoms with E-state index in [1.54, 1.807) is 0 Å². The van der Waals surface area contributed by atoms with E-state index in [2.05, 4.69) is 16.8 Å². The number of carbonyl (C=O) groups excluding carboxylic acids is 1. The monoisotopic (exact) mass is 398 g/mol. The molecule has 5 heteroatoms. The molecule has 5 aliphatic rings. The van der Waals surface area contributed by atoms with Gasteiger partial charge < -0.3 is 14.6 Å². The van der Waals surface area contributed by atoms with Crippen molar-refractivity contribution >= 4 is 28.4 Å². The first kappa shape index (κ1) is 17.2. The van der Waals surface area contributed by atoms with Crippen molar-refractivity contribution in [1.29, 1.82) is 0 Å². The minimum absolute atomic E-state index is 0.0309. The molecule has 4 fully saturated rings. The molecule has 0 saturated heterocycles. The van der Waals surface area contributed by atoms with Crippen LogP contribution >= 0.6 is 11.6 Å². The van der Waals surface area contributed by atoms with E-state index in [-0.39, 0.29) is 11.9 Å². The molecule has 1 atom stereocenters. The summed E-state index contributed by atoms with van der Waals surface area (Å²) in [5.41, 5.74) is 1.97. The first-order valence-electron chi connectivity index (χ1n) is 10.8. The molecular weight excluding hydrogens is 372 g/mol. The molecule has 1 aliphatic heterocycles. The number of benzene rings is 1. The summed E-state index contributed by atoms with van der Waals surface area (Å²) < 4.78 is 7.86. The Morgan fingerprint density at radius 2 is 1.89 bits per heavy atom. The van der Waals surface area contributed by atoms with Crippen molar-refractivity contribution in [3.05, 3.63) is 28.9 Å². The molecule has 1 aromatic heterocycles. The van der Waals surface area contributed by atoms with E-state index < -0.39 is 0 Å². The lowest BCUT2D eigenvalue weighted by Gasteiger charge is -2.59. The quantitative estimate of drug-likeness (QED) is 0.788. The molecule has 4 bridgehead atoms. The molecule has 7 rings (SSSR count). The minimum Gasteiger partial charge on any atom is -0.490 e. The van der Waals surface area contributed by atoms with E-state index in [4.69, 9.17) is 16.3 Å². The van der Waals surface area contributed by atoms with Crippen LogP contribution in [0.2, 0.25) is 5.02 Å². The number of nitrogens with one attached hydrogen (secondary N) is 1. The van der Waals surface area contributed by atoms with Gasteiger partial charge in [0.05, 0.1) is 17.1 Å². The maximum absolute atomic E-state index is 13.3. The van der Waals surface area contributed by atoms with Crippen molar-refractivity contribution in [2.24, 2.45) is 23.2 Å². The summed E-state index contributed by atoms with van der Waals surface area (Å²) >= 11 is 6.42. The van der Waals surface area contributed by atoms with Gasteiger partial charge in [0.1, 0.15) is 18.1 Å². The van der Waals surface area contributed by atoms with Gasteiger partial charge in [0.15, 0.2) is 0 Å². The van der Waals surface area contributed by atoms with Gasteiger partial charge in [0, 0.05) is 11.4 Å². The number of hydrogen-bond donors (Lipinski definition) is 1. The average molecular weight is 399 g/mol. The molecule has 0 radical (unpaired) electrons. The molecule has 28 heavy (non-hydrogen) atoms. The van der Waals surface area contributed by atoms with E-state index in [0.29, 0.717) is 29.3 Å². The Bertz CT molecular complexity index is 943. The van der Waals surface area contributed by atoms with Gasteiger partial charge in [0.2, 0.25) is 0 Å². The van der Waals surface area contributed by atoms with E-state index in [1.807, 2.05) is 18.2 Å². The lowest BCUT2D eigenvalue weighted by molar-refractivity contribution is -0.0688. The highest BCUT2D eigenvalue weighted by Crippen LogP contribution is 2.61. The zero-order chi connectivity index (χ0) is 19.0. The Morgan fingerprint density at radius 1 is 1.21 bits per heavy atom. The fourth-order valence-corrected chi connectivity index (χ4v) is 7.44. The van der Waals surface area contributed by atoms with Crippen LogP contribution in [0.25, 0.3) is 10.9 Å². The second-order valence-electron chi connectivity index (χ2n) is 9.81. The number of amides is 1. The number of carbonyl (C=O) groups is 1. The number of ether oxygens (including phenoxy) is 1. The highest BCUT2D eigenvalue weighted by Gasteiger charge is 2.53. The van der Waals surface area contributed by atoms with Crippen LogP contribution in [-0.2, 0) is 6.54 Å². The third-order valence-corrected chi connectivity index (χ3v) is 8.46. The Kier molecular flexibility index (Phi) is 3.63. The van der Waals surface area contributed by atoms with Gasteiger partial charge in [-0.05, 0) is 86.8 Å². The van der Waals surface area contributed by atoms with Crippen LogP contribution in [0.4, 0.5) is 0 Å². The average Bonchev–Trinajstić information content (AvgIpc) is 3.05. The molecule has 148 valence electrons. The summed E-state index contributed by atoms with van der Waals surface area (Å²) in [5, 5.41) is 4.99. The van der Waals surface area contributed by atoms with Crippen molar-refractivity contribution in [2.45, 2.75) is 58.0 Å². The normalized spacial score (nSPS) is 33.7. The van der Waals surface area contributed by atoms with Gasteiger partial charge >= 0.3 is 0 Å². The van der Waals surface area contributed by atoms with Crippen molar-refractivity contribution in [3.63, 3.8) is 0 Å². The zero-order valence-electron chi connectivity index (χ0n) is 16.3. The van der Waals surface area contributed by atoms with Gasteiger partial charge in [-0.15, -0.1) is 0 Å². The van der Waals surface area contributed by atoms with Crippen LogP contribution in [-0.4, -0.2) is 23.1 Å².